The van der Waals surface area contributed by atoms with Gasteiger partial charge in [0.05, 0.1) is 23.2 Å². The number of hydrogen-bond acceptors (Lipinski definition) is 7. The third-order valence-electron chi connectivity index (χ3n) is 4.76. The largest absolute Gasteiger partial charge is 0.368 e. The number of nitrogens with one attached hydrogen (secondary N) is 1. The average molecular weight is 395 g/mol. The smallest absolute Gasteiger partial charge is 0.234 e. The van der Waals surface area contributed by atoms with Gasteiger partial charge in [0.1, 0.15) is 16.6 Å². The summed E-state index contributed by atoms with van der Waals surface area (Å²) in [5.41, 5.74) is 7.50. The SMILES string of the molecule is Cc1ccnc(Nc2cccc(-c3cnc(CN4CCC[C@H]4C(N)=O)s3)n2)c1. The Morgan fingerprint density at radius 1 is 1.32 bits per heavy atom. The molecule has 3 aromatic heterocycles. The van der Waals surface area contributed by atoms with E-state index in [1.165, 1.54) is 0 Å². The highest BCUT2D eigenvalue weighted by Crippen LogP contribution is 2.28. The van der Waals surface area contributed by atoms with Crippen LogP contribution in [0.25, 0.3) is 10.6 Å². The Bertz CT molecular complexity index is 988. The molecule has 1 aliphatic rings. The van der Waals surface area contributed by atoms with Crippen molar-refractivity contribution in [3.8, 4) is 10.6 Å². The maximum Gasteiger partial charge on any atom is 0.234 e. The van der Waals surface area contributed by atoms with Crippen molar-refractivity contribution in [1.29, 1.82) is 0 Å². The molecule has 8 heteroatoms. The van der Waals surface area contributed by atoms with Crippen LogP contribution in [0.2, 0.25) is 0 Å². The normalized spacial score (nSPS) is 17.0. The van der Waals surface area contributed by atoms with Gasteiger partial charge in [-0.05, 0) is 56.1 Å². The van der Waals surface area contributed by atoms with Gasteiger partial charge in [-0.15, -0.1) is 11.3 Å². The Labute approximate surface area is 167 Å². The zero-order valence-electron chi connectivity index (χ0n) is 15.6. The minimum atomic E-state index is -0.250. The van der Waals surface area contributed by atoms with Crippen molar-refractivity contribution in [1.82, 2.24) is 19.9 Å². The first-order valence-corrected chi connectivity index (χ1v) is 10.1. The number of anilines is 2. The van der Waals surface area contributed by atoms with E-state index in [0.717, 1.165) is 52.2 Å². The van der Waals surface area contributed by atoms with E-state index in [9.17, 15) is 4.79 Å². The van der Waals surface area contributed by atoms with E-state index in [1.54, 1.807) is 17.5 Å². The topological polar surface area (TPSA) is 97.0 Å². The molecule has 7 nitrogen and oxygen atoms in total. The van der Waals surface area contributed by atoms with Gasteiger partial charge in [0.25, 0.3) is 0 Å². The summed E-state index contributed by atoms with van der Waals surface area (Å²) in [7, 11) is 0. The molecule has 0 saturated carbocycles. The molecule has 0 aromatic carbocycles. The van der Waals surface area contributed by atoms with Crippen LogP contribution in [0, 0.1) is 6.92 Å². The fourth-order valence-corrected chi connectivity index (χ4v) is 4.30. The summed E-state index contributed by atoms with van der Waals surface area (Å²) in [6.45, 7) is 3.55. The number of aromatic nitrogens is 3. The molecule has 0 unspecified atom stereocenters. The minimum absolute atomic E-state index is 0.181. The minimum Gasteiger partial charge on any atom is -0.368 e. The van der Waals surface area contributed by atoms with E-state index in [4.69, 9.17) is 5.73 Å². The molecule has 0 spiro atoms. The Balaban J connectivity index is 1.48. The van der Waals surface area contributed by atoms with E-state index in [1.807, 2.05) is 43.5 Å². The molecule has 1 atom stereocenters. The fraction of sp³-hybridized carbons (Fsp3) is 0.300. The van der Waals surface area contributed by atoms with Crippen LogP contribution in [0.3, 0.4) is 0 Å². The maximum absolute atomic E-state index is 11.6. The molecule has 3 N–H and O–H groups in total. The lowest BCUT2D eigenvalue weighted by Gasteiger charge is -2.20. The van der Waals surface area contributed by atoms with Crippen LogP contribution in [-0.2, 0) is 11.3 Å². The second-order valence-electron chi connectivity index (χ2n) is 6.90. The summed E-state index contributed by atoms with van der Waals surface area (Å²) in [4.78, 5) is 28.2. The zero-order chi connectivity index (χ0) is 19.5. The van der Waals surface area contributed by atoms with Crippen molar-refractivity contribution in [3.63, 3.8) is 0 Å². The summed E-state index contributed by atoms with van der Waals surface area (Å²) >= 11 is 1.59. The van der Waals surface area contributed by atoms with Gasteiger partial charge in [-0.25, -0.2) is 15.0 Å². The number of thiazole rings is 1. The molecular formula is C20H22N6OS. The fourth-order valence-electron chi connectivity index (χ4n) is 3.39. The van der Waals surface area contributed by atoms with Gasteiger partial charge >= 0.3 is 0 Å². The summed E-state index contributed by atoms with van der Waals surface area (Å²) in [6.07, 6.45) is 5.44. The molecule has 28 heavy (non-hydrogen) atoms. The van der Waals surface area contributed by atoms with Crippen molar-refractivity contribution in [2.75, 3.05) is 11.9 Å². The number of hydrogen-bond donors (Lipinski definition) is 2. The number of amides is 1. The molecule has 144 valence electrons. The van der Waals surface area contributed by atoms with Crippen molar-refractivity contribution < 1.29 is 4.79 Å². The van der Waals surface area contributed by atoms with Crippen LogP contribution < -0.4 is 11.1 Å². The number of pyridine rings is 2. The van der Waals surface area contributed by atoms with Crippen molar-refractivity contribution in [3.05, 3.63) is 53.3 Å². The lowest BCUT2D eigenvalue weighted by atomic mass is 10.2. The summed E-state index contributed by atoms with van der Waals surface area (Å²) in [5, 5.41) is 4.20. The lowest BCUT2D eigenvalue weighted by Crippen LogP contribution is -2.39. The molecule has 0 aliphatic carbocycles. The molecule has 0 radical (unpaired) electrons. The van der Waals surface area contributed by atoms with E-state index >= 15 is 0 Å². The second-order valence-corrected chi connectivity index (χ2v) is 8.02. The van der Waals surface area contributed by atoms with E-state index in [-0.39, 0.29) is 11.9 Å². The van der Waals surface area contributed by atoms with Crippen molar-refractivity contribution in [2.45, 2.75) is 32.4 Å². The Kier molecular flexibility index (Phi) is 5.31. The van der Waals surface area contributed by atoms with E-state index < -0.39 is 0 Å². The first-order valence-electron chi connectivity index (χ1n) is 9.24. The Morgan fingerprint density at radius 2 is 2.21 bits per heavy atom. The van der Waals surface area contributed by atoms with Gasteiger partial charge in [0.2, 0.25) is 5.91 Å². The number of primary amides is 1. The predicted octanol–water partition coefficient (Wildman–Crippen LogP) is 3.10. The molecule has 1 fully saturated rings. The van der Waals surface area contributed by atoms with Gasteiger partial charge in [-0.2, -0.15) is 0 Å². The first kappa shape index (κ1) is 18.5. The summed E-state index contributed by atoms with van der Waals surface area (Å²) in [5.74, 6) is 1.25. The molecule has 1 amide bonds. The molecular weight excluding hydrogens is 372 g/mol. The highest BCUT2D eigenvalue weighted by atomic mass is 32.1. The van der Waals surface area contributed by atoms with Gasteiger partial charge < -0.3 is 11.1 Å². The molecule has 4 heterocycles. The van der Waals surface area contributed by atoms with Crippen LogP contribution in [0.4, 0.5) is 11.6 Å². The summed E-state index contributed by atoms with van der Waals surface area (Å²) in [6, 6.07) is 9.59. The second kappa shape index (κ2) is 8.04. The number of nitrogens with two attached hydrogens (primary N) is 1. The van der Waals surface area contributed by atoms with Crippen LogP contribution in [0.5, 0.6) is 0 Å². The Morgan fingerprint density at radius 3 is 3.04 bits per heavy atom. The van der Waals surface area contributed by atoms with Gasteiger partial charge in [-0.3, -0.25) is 9.69 Å². The quantitative estimate of drug-likeness (QED) is 0.667. The third-order valence-corrected chi connectivity index (χ3v) is 5.76. The van der Waals surface area contributed by atoms with Gasteiger partial charge in [-0.1, -0.05) is 6.07 Å². The monoisotopic (exact) mass is 394 g/mol. The van der Waals surface area contributed by atoms with Crippen LogP contribution in [0.15, 0.2) is 42.7 Å². The number of carbonyl (C=O) groups is 1. The average Bonchev–Trinajstić information content (AvgIpc) is 3.32. The van der Waals surface area contributed by atoms with Crippen molar-refractivity contribution >= 4 is 28.9 Å². The highest BCUT2D eigenvalue weighted by molar-refractivity contribution is 7.15. The van der Waals surface area contributed by atoms with Gasteiger partial charge in [0.15, 0.2) is 0 Å². The van der Waals surface area contributed by atoms with Crippen LogP contribution >= 0.6 is 11.3 Å². The number of aryl methyl sites for hydroxylation is 1. The van der Waals surface area contributed by atoms with Crippen LogP contribution in [0.1, 0.15) is 23.4 Å². The molecule has 0 bridgehead atoms. The van der Waals surface area contributed by atoms with Crippen molar-refractivity contribution in [2.24, 2.45) is 5.73 Å². The predicted molar refractivity (Wildman–Crippen MR) is 110 cm³/mol. The summed E-state index contributed by atoms with van der Waals surface area (Å²) < 4.78 is 0. The molecule has 1 saturated heterocycles. The van der Waals surface area contributed by atoms with E-state index in [2.05, 4.69) is 25.2 Å². The van der Waals surface area contributed by atoms with Gasteiger partial charge in [0, 0.05) is 12.4 Å². The number of rotatable bonds is 6. The molecule has 4 rings (SSSR count). The highest BCUT2D eigenvalue weighted by Gasteiger charge is 2.29. The number of carbonyl (C=O) groups excluding carboxylic acids is 1. The standard InChI is InChI=1S/C20H22N6OS/c1-13-7-8-22-18(10-13)25-17-6-2-4-14(24-17)16-11-23-19(28-16)12-26-9-3-5-15(26)20(21)27/h2,4,6-8,10-11,15H,3,5,9,12H2,1H3,(H2,21,27)(H,22,24,25)/t15-/m0/s1. The Hall–Kier alpha value is -2.84. The maximum atomic E-state index is 11.6. The molecule has 1 aliphatic heterocycles. The van der Waals surface area contributed by atoms with E-state index in [0.29, 0.717) is 6.54 Å². The van der Waals surface area contributed by atoms with Crippen LogP contribution in [-0.4, -0.2) is 38.3 Å². The number of likely N-dealkylation sites (tertiary alicyclic amines) is 1. The molecule has 3 aromatic rings. The first-order chi connectivity index (χ1) is 13.6. The number of nitrogens with zero attached hydrogens (tertiary/aromatic N) is 4. The lowest BCUT2D eigenvalue weighted by molar-refractivity contribution is -0.122. The zero-order valence-corrected chi connectivity index (χ0v) is 16.4. The third kappa shape index (κ3) is 4.18.